The van der Waals surface area contributed by atoms with Crippen molar-refractivity contribution < 1.29 is 12.8 Å². The van der Waals surface area contributed by atoms with Gasteiger partial charge in [-0.3, -0.25) is 0 Å². The summed E-state index contributed by atoms with van der Waals surface area (Å²) in [5.41, 5.74) is 6.54. The minimum Gasteiger partial charge on any atom is -0.340 e. The molecule has 0 saturated heterocycles. The second kappa shape index (κ2) is 9.68. The normalized spacial score (nSPS) is 15.0. The summed E-state index contributed by atoms with van der Waals surface area (Å²) >= 11 is 0. The molecular weight excluding hydrogens is 471 g/mol. The molecule has 4 aromatic rings. The number of halogens is 1. The molecule has 0 unspecified atom stereocenters. The van der Waals surface area contributed by atoms with Crippen LogP contribution in [0.3, 0.4) is 0 Å². The largest absolute Gasteiger partial charge is 0.340 e. The summed E-state index contributed by atoms with van der Waals surface area (Å²) in [4.78, 5) is 0.339. The second-order valence-corrected chi connectivity index (χ2v) is 11.7. The molecule has 1 aromatic heterocycles. The number of fused-ring (bicyclic) bond motifs is 1. The van der Waals surface area contributed by atoms with Crippen molar-refractivity contribution in [3.63, 3.8) is 0 Å². The van der Waals surface area contributed by atoms with Crippen LogP contribution in [-0.4, -0.2) is 30.4 Å². The number of nitrogens with zero attached hydrogens (tertiary/aromatic N) is 2. The summed E-state index contributed by atoms with van der Waals surface area (Å²) in [7, 11) is -3.55. The fraction of sp³-hybridized carbons (Fsp3) is 0.267. The van der Waals surface area contributed by atoms with Crippen LogP contribution in [0, 0.1) is 12.7 Å². The average molecular weight is 503 g/mol. The topological polar surface area (TPSA) is 42.3 Å². The zero-order valence-electron chi connectivity index (χ0n) is 20.9. The Morgan fingerprint density at radius 3 is 2.39 bits per heavy atom. The third-order valence-corrected chi connectivity index (χ3v) is 9.02. The number of rotatable bonds is 6. The number of aromatic nitrogens is 1. The minimum atomic E-state index is -3.55. The first kappa shape index (κ1) is 24.5. The summed E-state index contributed by atoms with van der Waals surface area (Å²) in [5, 5.41) is 1.14. The lowest BCUT2D eigenvalue weighted by molar-refractivity contribution is 0.441. The van der Waals surface area contributed by atoms with Crippen LogP contribution in [0.5, 0.6) is 0 Å². The van der Waals surface area contributed by atoms with E-state index in [2.05, 4.69) is 37.5 Å². The quantitative estimate of drug-likeness (QED) is 0.293. The third-order valence-electron chi connectivity index (χ3n) is 7.14. The highest BCUT2D eigenvalue weighted by atomic mass is 32.2. The van der Waals surface area contributed by atoms with Gasteiger partial charge >= 0.3 is 0 Å². The summed E-state index contributed by atoms with van der Waals surface area (Å²) in [5.74, 6) is 0.116. The molecule has 0 amide bonds. The predicted octanol–water partition coefficient (Wildman–Crippen LogP) is 6.74. The van der Waals surface area contributed by atoms with Gasteiger partial charge in [-0.1, -0.05) is 62.4 Å². The van der Waals surface area contributed by atoms with E-state index in [1.165, 1.54) is 6.07 Å². The fourth-order valence-electron chi connectivity index (χ4n) is 5.13. The van der Waals surface area contributed by atoms with E-state index in [4.69, 9.17) is 0 Å². The lowest BCUT2D eigenvalue weighted by Crippen LogP contribution is -2.34. The number of benzene rings is 3. The third kappa shape index (κ3) is 4.51. The molecule has 0 aliphatic carbocycles. The molecule has 0 atom stereocenters. The highest BCUT2D eigenvalue weighted by molar-refractivity contribution is 7.89. The summed E-state index contributed by atoms with van der Waals surface area (Å²) < 4.78 is 44.2. The Hall–Kier alpha value is -3.22. The molecule has 0 saturated carbocycles. The fourth-order valence-corrected chi connectivity index (χ4v) is 6.51. The number of hydrogen-bond acceptors (Lipinski definition) is 2. The van der Waals surface area contributed by atoms with Gasteiger partial charge in [-0.25, -0.2) is 12.8 Å². The van der Waals surface area contributed by atoms with Crippen LogP contribution >= 0.6 is 0 Å². The Balaban J connectivity index is 1.45. The Morgan fingerprint density at radius 1 is 0.972 bits per heavy atom. The van der Waals surface area contributed by atoms with Gasteiger partial charge in [0.1, 0.15) is 5.82 Å². The second-order valence-electron chi connectivity index (χ2n) is 9.76. The van der Waals surface area contributed by atoms with Crippen LogP contribution in [0.25, 0.3) is 16.5 Å². The van der Waals surface area contributed by atoms with Gasteiger partial charge in [-0.15, -0.1) is 0 Å². The molecule has 0 N–H and O–H groups in total. The zero-order chi connectivity index (χ0) is 25.4. The van der Waals surface area contributed by atoms with Crippen molar-refractivity contribution in [3.05, 3.63) is 107 Å². The van der Waals surface area contributed by atoms with Gasteiger partial charge in [0.25, 0.3) is 0 Å². The van der Waals surface area contributed by atoms with Gasteiger partial charge in [0.15, 0.2) is 0 Å². The molecular formula is C30H31FN2O2S. The van der Waals surface area contributed by atoms with Crippen molar-refractivity contribution in [2.45, 2.75) is 44.6 Å². The van der Waals surface area contributed by atoms with Gasteiger partial charge in [0.2, 0.25) is 10.0 Å². The SMILES string of the molecule is Cc1c(C2=CCN(S(=O)(=O)c3ccc(C(C)C)cc3)CC2)c2ccccc2n1Cc1cccc(F)c1. The maximum absolute atomic E-state index is 13.8. The highest BCUT2D eigenvalue weighted by Gasteiger charge is 2.28. The van der Waals surface area contributed by atoms with E-state index >= 15 is 0 Å². The van der Waals surface area contributed by atoms with Crippen LogP contribution < -0.4 is 0 Å². The van der Waals surface area contributed by atoms with Crippen molar-refractivity contribution in [3.8, 4) is 0 Å². The van der Waals surface area contributed by atoms with E-state index in [1.54, 1.807) is 28.6 Å². The predicted molar refractivity (Wildman–Crippen MR) is 144 cm³/mol. The first-order chi connectivity index (χ1) is 17.3. The molecule has 0 bridgehead atoms. The minimum absolute atomic E-state index is 0.239. The van der Waals surface area contributed by atoms with Crippen LogP contribution in [0.2, 0.25) is 0 Å². The molecule has 5 rings (SSSR count). The lowest BCUT2D eigenvalue weighted by Gasteiger charge is -2.26. The monoisotopic (exact) mass is 502 g/mol. The first-order valence-corrected chi connectivity index (χ1v) is 13.8. The summed E-state index contributed by atoms with van der Waals surface area (Å²) in [6, 6.07) is 22.2. The summed E-state index contributed by atoms with van der Waals surface area (Å²) in [6.45, 7) is 7.63. The van der Waals surface area contributed by atoms with Crippen LogP contribution in [0.1, 0.15) is 48.6 Å². The van der Waals surface area contributed by atoms with E-state index in [0.29, 0.717) is 36.9 Å². The van der Waals surface area contributed by atoms with Gasteiger partial charge in [-0.2, -0.15) is 4.31 Å². The van der Waals surface area contributed by atoms with Gasteiger partial charge in [-0.05, 0) is 66.3 Å². The number of sulfonamides is 1. The van der Waals surface area contributed by atoms with E-state index in [0.717, 1.165) is 38.9 Å². The van der Waals surface area contributed by atoms with Crippen LogP contribution in [0.15, 0.2) is 83.8 Å². The molecule has 1 aliphatic rings. The smallest absolute Gasteiger partial charge is 0.243 e. The lowest BCUT2D eigenvalue weighted by atomic mass is 9.97. The van der Waals surface area contributed by atoms with Gasteiger partial charge in [0, 0.05) is 41.8 Å². The van der Waals surface area contributed by atoms with Crippen LogP contribution in [-0.2, 0) is 16.6 Å². The molecule has 186 valence electrons. The van der Waals surface area contributed by atoms with Crippen molar-refractivity contribution in [1.29, 1.82) is 0 Å². The van der Waals surface area contributed by atoms with Gasteiger partial charge < -0.3 is 4.57 Å². The van der Waals surface area contributed by atoms with Crippen molar-refractivity contribution in [2.24, 2.45) is 0 Å². The van der Waals surface area contributed by atoms with E-state index < -0.39 is 10.0 Å². The first-order valence-electron chi connectivity index (χ1n) is 12.4. The molecule has 0 fully saturated rings. The maximum atomic E-state index is 13.8. The molecule has 2 heterocycles. The number of para-hydroxylation sites is 1. The number of hydrogen-bond donors (Lipinski definition) is 0. The average Bonchev–Trinajstić information content (AvgIpc) is 3.15. The Morgan fingerprint density at radius 2 is 1.72 bits per heavy atom. The molecule has 0 spiro atoms. The zero-order valence-corrected chi connectivity index (χ0v) is 21.7. The molecule has 1 aliphatic heterocycles. The molecule has 36 heavy (non-hydrogen) atoms. The van der Waals surface area contributed by atoms with Crippen molar-refractivity contribution >= 4 is 26.5 Å². The Labute approximate surface area is 212 Å². The Kier molecular flexibility index (Phi) is 6.58. The standard InChI is InChI=1S/C30H31FN2O2S/c1-21(2)24-11-13-27(14-12-24)36(34,35)32-17-15-25(16-18-32)30-22(3)33(29-10-5-4-9-28(29)30)20-23-7-6-8-26(31)19-23/h4-15,19,21H,16-18,20H2,1-3H3. The molecule has 3 aromatic carbocycles. The van der Waals surface area contributed by atoms with E-state index in [1.807, 2.05) is 36.4 Å². The van der Waals surface area contributed by atoms with Gasteiger partial charge in [0.05, 0.1) is 4.90 Å². The maximum Gasteiger partial charge on any atom is 0.243 e. The van der Waals surface area contributed by atoms with E-state index in [9.17, 15) is 12.8 Å². The van der Waals surface area contributed by atoms with E-state index in [-0.39, 0.29) is 5.82 Å². The van der Waals surface area contributed by atoms with Crippen molar-refractivity contribution in [1.82, 2.24) is 8.87 Å². The summed E-state index contributed by atoms with van der Waals surface area (Å²) in [6.07, 6.45) is 2.68. The Bertz CT molecular complexity index is 1550. The molecule has 6 heteroatoms. The van der Waals surface area contributed by atoms with Crippen LogP contribution in [0.4, 0.5) is 4.39 Å². The molecule has 4 nitrogen and oxygen atoms in total. The molecule has 0 radical (unpaired) electrons. The highest BCUT2D eigenvalue weighted by Crippen LogP contribution is 2.36. The van der Waals surface area contributed by atoms with Crippen molar-refractivity contribution in [2.75, 3.05) is 13.1 Å².